The van der Waals surface area contributed by atoms with Crippen LogP contribution in [0.15, 0.2) is 33.4 Å². The number of fused-ring (bicyclic) bond motifs is 1. The molecule has 2 N–H and O–H groups in total. The Bertz CT molecular complexity index is 1240. The summed E-state index contributed by atoms with van der Waals surface area (Å²) in [6.45, 7) is 8.22. The second kappa shape index (κ2) is 9.50. The Balaban J connectivity index is 1.44. The van der Waals surface area contributed by atoms with Gasteiger partial charge in [-0.05, 0) is 56.9 Å². The highest BCUT2D eigenvalue weighted by Crippen LogP contribution is 2.37. The van der Waals surface area contributed by atoms with Crippen molar-refractivity contribution in [3.8, 4) is 0 Å². The third-order valence-electron chi connectivity index (χ3n) is 5.15. The van der Waals surface area contributed by atoms with Crippen LogP contribution in [0.1, 0.15) is 53.8 Å². The summed E-state index contributed by atoms with van der Waals surface area (Å²) in [5, 5.41) is 13.3. The largest absolute Gasteiger partial charge is 0.330 e. The van der Waals surface area contributed by atoms with E-state index in [9.17, 15) is 4.79 Å². The Hall–Kier alpha value is -2.23. The van der Waals surface area contributed by atoms with Gasteiger partial charge < -0.3 is 10.3 Å². The summed E-state index contributed by atoms with van der Waals surface area (Å²) in [6.07, 6.45) is 3.52. The first-order valence-corrected chi connectivity index (χ1v) is 12.8. The summed E-state index contributed by atoms with van der Waals surface area (Å²) in [6, 6.07) is 8.47. The number of benzene rings is 1. The maximum atomic E-state index is 12.5. The van der Waals surface area contributed by atoms with Gasteiger partial charge in [0.2, 0.25) is 5.13 Å². The molecule has 162 valence electrons. The molecule has 0 spiro atoms. The quantitative estimate of drug-likeness (QED) is 0.290. The molecule has 1 atom stereocenters. The van der Waals surface area contributed by atoms with Crippen LogP contribution < -0.4 is 10.9 Å². The number of hydrogen-bond acceptors (Lipinski definition) is 8. The molecule has 0 aliphatic carbocycles. The van der Waals surface area contributed by atoms with E-state index in [1.54, 1.807) is 23.1 Å². The van der Waals surface area contributed by atoms with E-state index < -0.39 is 0 Å². The average molecular weight is 472 g/mol. The van der Waals surface area contributed by atoms with Gasteiger partial charge in [-0.25, -0.2) is 4.98 Å². The molecule has 6 nitrogen and oxygen atoms in total. The van der Waals surface area contributed by atoms with Crippen molar-refractivity contribution in [2.75, 3.05) is 5.32 Å². The maximum absolute atomic E-state index is 12.5. The van der Waals surface area contributed by atoms with E-state index >= 15 is 0 Å². The van der Waals surface area contributed by atoms with Gasteiger partial charge in [-0.1, -0.05) is 48.6 Å². The van der Waals surface area contributed by atoms with Crippen LogP contribution in [0.2, 0.25) is 0 Å². The van der Waals surface area contributed by atoms with E-state index in [-0.39, 0.29) is 10.8 Å². The van der Waals surface area contributed by atoms with Crippen LogP contribution in [0.3, 0.4) is 0 Å². The molecule has 0 bridgehead atoms. The fourth-order valence-electron chi connectivity index (χ4n) is 3.24. The summed E-state index contributed by atoms with van der Waals surface area (Å²) in [5.41, 5.74) is 3.29. The SMILES string of the molecule is CCCCc1ccc(Nc2nnc(SC(C)c3nc4sc(C)c(C)c4c(=O)[nH]3)s2)cc1. The van der Waals surface area contributed by atoms with Crippen molar-refractivity contribution in [3.05, 3.63) is 56.4 Å². The zero-order valence-electron chi connectivity index (χ0n) is 18.0. The predicted molar refractivity (Wildman–Crippen MR) is 132 cm³/mol. The van der Waals surface area contributed by atoms with E-state index in [0.29, 0.717) is 11.2 Å². The smallest absolute Gasteiger partial charge is 0.259 e. The average Bonchev–Trinajstić information content (AvgIpc) is 3.31. The zero-order chi connectivity index (χ0) is 22.0. The number of thioether (sulfide) groups is 1. The van der Waals surface area contributed by atoms with E-state index in [1.807, 2.05) is 20.8 Å². The second-order valence-corrected chi connectivity index (χ2v) is 11.2. The third-order valence-corrected chi connectivity index (χ3v) is 8.28. The van der Waals surface area contributed by atoms with Gasteiger partial charge in [-0.2, -0.15) is 0 Å². The van der Waals surface area contributed by atoms with Crippen LogP contribution in [0.25, 0.3) is 10.2 Å². The van der Waals surface area contributed by atoms with Crippen molar-refractivity contribution < 1.29 is 0 Å². The van der Waals surface area contributed by atoms with E-state index in [0.717, 1.165) is 36.9 Å². The Labute approximate surface area is 193 Å². The fraction of sp³-hybridized carbons (Fsp3) is 0.364. The maximum Gasteiger partial charge on any atom is 0.259 e. The minimum atomic E-state index is -0.0729. The van der Waals surface area contributed by atoms with Gasteiger partial charge in [0.05, 0.1) is 10.6 Å². The number of aromatic nitrogens is 4. The highest BCUT2D eigenvalue weighted by Gasteiger charge is 2.18. The number of H-pyrrole nitrogens is 1. The molecule has 0 amide bonds. The fourth-order valence-corrected chi connectivity index (χ4v) is 6.25. The van der Waals surface area contributed by atoms with Gasteiger partial charge in [0, 0.05) is 10.6 Å². The standard InChI is InChI=1S/C22H25N5OS3/c1-5-6-7-15-8-10-16(11-9-15)23-21-26-27-22(31-21)30-14(4)18-24-19(28)17-12(2)13(3)29-20(17)25-18/h8-11,14H,5-7H2,1-4H3,(H,23,26)(H,24,25,28). The van der Waals surface area contributed by atoms with Gasteiger partial charge in [0.15, 0.2) is 4.34 Å². The number of hydrogen-bond donors (Lipinski definition) is 2. The van der Waals surface area contributed by atoms with Crippen LogP contribution >= 0.6 is 34.4 Å². The summed E-state index contributed by atoms with van der Waals surface area (Å²) in [7, 11) is 0. The lowest BCUT2D eigenvalue weighted by Crippen LogP contribution is -2.12. The molecule has 31 heavy (non-hydrogen) atoms. The van der Waals surface area contributed by atoms with Crippen molar-refractivity contribution in [1.29, 1.82) is 0 Å². The molecule has 0 saturated carbocycles. The van der Waals surface area contributed by atoms with Crippen LogP contribution in [-0.2, 0) is 6.42 Å². The number of unbranched alkanes of at least 4 members (excludes halogenated alkanes) is 1. The van der Waals surface area contributed by atoms with Crippen molar-refractivity contribution >= 4 is 55.5 Å². The molecule has 4 aromatic rings. The second-order valence-electron chi connectivity index (χ2n) is 7.47. The van der Waals surface area contributed by atoms with Gasteiger partial charge in [0.25, 0.3) is 5.56 Å². The van der Waals surface area contributed by atoms with Crippen LogP contribution in [0.4, 0.5) is 10.8 Å². The molecule has 0 aliphatic rings. The number of nitrogens with zero attached hydrogens (tertiary/aromatic N) is 3. The zero-order valence-corrected chi connectivity index (χ0v) is 20.4. The van der Waals surface area contributed by atoms with Gasteiger partial charge >= 0.3 is 0 Å². The molecule has 3 heterocycles. The Morgan fingerprint density at radius 3 is 2.68 bits per heavy atom. The highest BCUT2D eigenvalue weighted by molar-refractivity contribution is 8.01. The molecule has 0 radical (unpaired) electrons. The number of nitrogens with one attached hydrogen (secondary N) is 2. The normalized spacial score (nSPS) is 12.4. The lowest BCUT2D eigenvalue weighted by molar-refractivity contribution is 0.795. The summed E-state index contributed by atoms with van der Waals surface area (Å²) < 4.78 is 0.829. The number of anilines is 2. The lowest BCUT2D eigenvalue weighted by atomic mass is 10.1. The molecule has 1 unspecified atom stereocenters. The predicted octanol–water partition coefficient (Wildman–Crippen LogP) is 6.39. The van der Waals surface area contributed by atoms with Crippen molar-refractivity contribution in [2.45, 2.75) is 56.5 Å². The molecular formula is C22H25N5OS3. The number of thiophene rings is 1. The molecule has 4 rings (SSSR count). The Morgan fingerprint density at radius 2 is 1.94 bits per heavy atom. The Kier molecular flexibility index (Phi) is 6.74. The van der Waals surface area contributed by atoms with Crippen LogP contribution in [0, 0.1) is 13.8 Å². The highest BCUT2D eigenvalue weighted by atomic mass is 32.2. The summed E-state index contributed by atoms with van der Waals surface area (Å²) >= 11 is 4.61. The van der Waals surface area contributed by atoms with Gasteiger partial charge in [0.1, 0.15) is 10.7 Å². The van der Waals surface area contributed by atoms with Crippen LogP contribution in [0.5, 0.6) is 0 Å². The molecule has 3 aromatic heterocycles. The van der Waals surface area contributed by atoms with Gasteiger partial charge in [-0.3, -0.25) is 4.79 Å². The number of aryl methyl sites for hydroxylation is 3. The molecule has 0 saturated heterocycles. The number of aromatic amines is 1. The topological polar surface area (TPSA) is 83.6 Å². The van der Waals surface area contributed by atoms with E-state index in [4.69, 9.17) is 4.98 Å². The molecule has 9 heteroatoms. The van der Waals surface area contributed by atoms with Crippen molar-refractivity contribution in [2.24, 2.45) is 0 Å². The lowest BCUT2D eigenvalue weighted by Gasteiger charge is -2.08. The molecule has 1 aromatic carbocycles. The van der Waals surface area contributed by atoms with Crippen molar-refractivity contribution in [1.82, 2.24) is 20.2 Å². The monoisotopic (exact) mass is 471 g/mol. The minimum Gasteiger partial charge on any atom is -0.330 e. The van der Waals surface area contributed by atoms with E-state index in [2.05, 4.69) is 51.7 Å². The first kappa shape index (κ1) is 22.0. The van der Waals surface area contributed by atoms with Crippen molar-refractivity contribution in [3.63, 3.8) is 0 Å². The van der Waals surface area contributed by atoms with Gasteiger partial charge in [-0.15, -0.1) is 21.5 Å². The first-order valence-electron chi connectivity index (χ1n) is 10.3. The third kappa shape index (κ3) is 4.99. The molecule has 0 aliphatic heterocycles. The first-order chi connectivity index (χ1) is 14.9. The minimum absolute atomic E-state index is 0.0431. The summed E-state index contributed by atoms with van der Waals surface area (Å²) in [5.74, 6) is 0.663. The number of rotatable bonds is 8. The molecular weight excluding hydrogens is 446 g/mol. The Morgan fingerprint density at radius 1 is 1.16 bits per heavy atom. The molecule has 0 fully saturated rings. The van der Waals surface area contributed by atoms with E-state index in [1.165, 1.54) is 29.7 Å². The summed E-state index contributed by atoms with van der Waals surface area (Å²) in [4.78, 5) is 22.1. The van der Waals surface area contributed by atoms with Crippen LogP contribution in [-0.4, -0.2) is 20.2 Å².